The van der Waals surface area contributed by atoms with E-state index in [9.17, 15) is 9.90 Å². The molecule has 2 aromatic rings. The Morgan fingerprint density at radius 1 is 1.25 bits per heavy atom. The van der Waals surface area contributed by atoms with E-state index in [2.05, 4.69) is 0 Å². The Morgan fingerprint density at radius 3 is 2.44 bits per heavy atom. The van der Waals surface area contributed by atoms with Gasteiger partial charge in [0.05, 0.1) is 19.8 Å². The van der Waals surface area contributed by atoms with Crippen molar-refractivity contribution in [1.82, 2.24) is 0 Å². The predicted molar refractivity (Wildman–Crippen MR) is 62.0 cm³/mol. The molecular formula is C11H10O4S. The molecule has 0 unspecified atom stereocenters. The average molecular weight is 238 g/mol. The average Bonchev–Trinajstić information content (AvgIpc) is 2.61. The monoisotopic (exact) mass is 238 g/mol. The van der Waals surface area contributed by atoms with Gasteiger partial charge in [0.25, 0.3) is 0 Å². The fourth-order valence-electron chi connectivity index (χ4n) is 1.54. The topological polar surface area (TPSA) is 55.8 Å². The smallest absolute Gasteiger partial charge is 0.183 e. The van der Waals surface area contributed by atoms with Gasteiger partial charge in [0.1, 0.15) is 0 Å². The number of hydrogen-bond donors (Lipinski definition) is 1. The van der Waals surface area contributed by atoms with Crippen LogP contribution in [0.1, 0.15) is 10.4 Å². The molecule has 1 aromatic heterocycles. The molecule has 0 saturated heterocycles. The second kappa shape index (κ2) is 4.02. The lowest BCUT2D eigenvalue weighted by molar-refractivity contribution is 0.112. The van der Waals surface area contributed by atoms with Crippen molar-refractivity contribution >= 4 is 27.7 Å². The van der Waals surface area contributed by atoms with Crippen molar-refractivity contribution < 1.29 is 19.4 Å². The highest BCUT2D eigenvalue weighted by Gasteiger charge is 2.14. The molecule has 0 fully saturated rings. The second-order valence-corrected chi connectivity index (χ2v) is 4.17. The van der Waals surface area contributed by atoms with Gasteiger partial charge in [-0.3, -0.25) is 4.79 Å². The van der Waals surface area contributed by atoms with Crippen LogP contribution in [0.3, 0.4) is 0 Å². The number of benzene rings is 1. The summed E-state index contributed by atoms with van der Waals surface area (Å²) in [7, 11) is 3.06. The predicted octanol–water partition coefficient (Wildman–Crippen LogP) is 2.44. The first-order chi connectivity index (χ1) is 7.71. The summed E-state index contributed by atoms with van der Waals surface area (Å²) in [5.41, 5.74) is 0.293. The van der Waals surface area contributed by atoms with Gasteiger partial charge in [-0.2, -0.15) is 0 Å². The van der Waals surface area contributed by atoms with E-state index in [4.69, 9.17) is 9.47 Å². The molecule has 0 aliphatic rings. The summed E-state index contributed by atoms with van der Waals surface area (Å²) < 4.78 is 11.1. The molecule has 0 amide bonds. The normalized spacial score (nSPS) is 10.4. The first-order valence-corrected chi connectivity index (χ1v) is 5.35. The Kier molecular flexibility index (Phi) is 2.70. The lowest BCUT2D eigenvalue weighted by atomic mass is 10.1. The molecule has 0 bridgehead atoms. The van der Waals surface area contributed by atoms with Crippen LogP contribution in [-0.2, 0) is 0 Å². The van der Waals surface area contributed by atoms with E-state index in [1.54, 1.807) is 12.1 Å². The molecule has 0 aliphatic carbocycles. The Morgan fingerprint density at radius 2 is 1.88 bits per heavy atom. The van der Waals surface area contributed by atoms with Crippen LogP contribution in [0.2, 0.25) is 0 Å². The van der Waals surface area contributed by atoms with Crippen LogP contribution in [0.25, 0.3) is 10.1 Å². The number of thiophene rings is 1. The molecule has 4 nitrogen and oxygen atoms in total. The van der Waals surface area contributed by atoms with Gasteiger partial charge in [0, 0.05) is 16.2 Å². The number of methoxy groups -OCH3 is 2. The van der Waals surface area contributed by atoms with Crippen molar-refractivity contribution in [2.45, 2.75) is 0 Å². The lowest BCUT2D eigenvalue weighted by Gasteiger charge is -2.06. The van der Waals surface area contributed by atoms with E-state index in [-0.39, 0.29) is 5.06 Å². The third-order valence-corrected chi connectivity index (χ3v) is 3.30. The number of hydrogen-bond acceptors (Lipinski definition) is 5. The van der Waals surface area contributed by atoms with Gasteiger partial charge < -0.3 is 14.6 Å². The highest BCUT2D eigenvalue weighted by Crippen LogP contribution is 2.41. The number of ether oxygens (including phenoxy) is 2. The van der Waals surface area contributed by atoms with Crippen LogP contribution in [0, 0.1) is 0 Å². The first kappa shape index (κ1) is 10.8. The van der Waals surface area contributed by atoms with Crippen molar-refractivity contribution in [2.75, 3.05) is 14.2 Å². The first-order valence-electron chi connectivity index (χ1n) is 4.54. The zero-order valence-electron chi connectivity index (χ0n) is 8.81. The van der Waals surface area contributed by atoms with Crippen LogP contribution in [0.4, 0.5) is 0 Å². The van der Waals surface area contributed by atoms with E-state index >= 15 is 0 Å². The minimum Gasteiger partial charge on any atom is -0.499 e. The zero-order valence-corrected chi connectivity index (χ0v) is 9.63. The van der Waals surface area contributed by atoms with Crippen molar-refractivity contribution in [3.8, 4) is 16.6 Å². The van der Waals surface area contributed by atoms with Crippen LogP contribution in [0.15, 0.2) is 12.1 Å². The molecule has 16 heavy (non-hydrogen) atoms. The minimum absolute atomic E-state index is 0.0142. The highest BCUT2D eigenvalue weighted by molar-refractivity contribution is 7.21. The molecule has 0 spiro atoms. The van der Waals surface area contributed by atoms with Crippen LogP contribution < -0.4 is 9.47 Å². The van der Waals surface area contributed by atoms with Crippen LogP contribution in [-0.4, -0.2) is 25.6 Å². The summed E-state index contributed by atoms with van der Waals surface area (Å²) in [5, 5.41) is 10.3. The van der Waals surface area contributed by atoms with E-state index in [0.717, 1.165) is 16.0 Å². The molecule has 0 aliphatic heterocycles. The third kappa shape index (κ3) is 1.49. The number of carbonyl (C=O) groups excluding carboxylic acids is 1. The Balaban J connectivity index is 2.78. The summed E-state index contributed by atoms with van der Waals surface area (Å²) in [6, 6.07) is 3.43. The van der Waals surface area contributed by atoms with Gasteiger partial charge >= 0.3 is 0 Å². The van der Waals surface area contributed by atoms with Gasteiger partial charge in [-0.05, 0) is 6.07 Å². The highest BCUT2D eigenvalue weighted by atomic mass is 32.1. The fourth-order valence-corrected chi connectivity index (χ4v) is 2.46. The molecular weight excluding hydrogens is 228 g/mol. The molecule has 0 saturated carbocycles. The van der Waals surface area contributed by atoms with E-state index in [0.29, 0.717) is 28.7 Å². The summed E-state index contributed by atoms with van der Waals surface area (Å²) in [4.78, 5) is 10.8. The molecule has 1 aromatic carbocycles. The maximum atomic E-state index is 10.8. The number of carbonyl (C=O) groups is 1. The van der Waals surface area contributed by atoms with Crippen molar-refractivity contribution in [3.63, 3.8) is 0 Å². The van der Waals surface area contributed by atoms with E-state index in [1.165, 1.54) is 14.2 Å². The minimum atomic E-state index is 0.0142. The van der Waals surface area contributed by atoms with Gasteiger partial charge in [0.2, 0.25) is 0 Å². The van der Waals surface area contributed by atoms with Gasteiger partial charge in [0.15, 0.2) is 22.8 Å². The third-order valence-electron chi connectivity index (χ3n) is 2.33. The van der Waals surface area contributed by atoms with E-state index < -0.39 is 0 Å². The Bertz CT molecular complexity index is 544. The lowest BCUT2D eigenvalue weighted by Crippen LogP contribution is -1.90. The maximum Gasteiger partial charge on any atom is 0.183 e. The molecule has 1 N–H and O–H groups in total. The SMILES string of the molecule is COc1cc2sc(O)c(C=O)c2cc1OC. The number of aromatic hydroxyl groups is 1. The maximum absolute atomic E-state index is 10.8. The van der Waals surface area contributed by atoms with Crippen LogP contribution >= 0.6 is 11.3 Å². The largest absolute Gasteiger partial charge is 0.499 e. The second-order valence-electron chi connectivity index (χ2n) is 3.14. The van der Waals surface area contributed by atoms with E-state index in [1.807, 2.05) is 0 Å². The van der Waals surface area contributed by atoms with Gasteiger partial charge in [-0.1, -0.05) is 11.3 Å². The summed E-state index contributed by atoms with van der Waals surface area (Å²) in [6.07, 6.45) is 0.639. The molecule has 5 heteroatoms. The summed E-state index contributed by atoms with van der Waals surface area (Å²) in [5.74, 6) is 1.12. The Labute approximate surface area is 96.0 Å². The van der Waals surface area contributed by atoms with Gasteiger partial charge in [-0.15, -0.1) is 0 Å². The van der Waals surface area contributed by atoms with Gasteiger partial charge in [-0.25, -0.2) is 0 Å². The number of rotatable bonds is 3. The molecule has 1 heterocycles. The van der Waals surface area contributed by atoms with Crippen LogP contribution in [0.5, 0.6) is 16.6 Å². The molecule has 0 atom stereocenters. The van der Waals surface area contributed by atoms with Crippen molar-refractivity contribution in [2.24, 2.45) is 0 Å². The number of fused-ring (bicyclic) bond motifs is 1. The quantitative estimate of drug-likeness (QED) is 0.834. The molecule has 0 radical (unpaired) electrons. The standard InChI is InChI=1S/C11H10O4S/c1-14-8-3-6-7(5-12)11(13)16-10(6)4-9(8)15-2/h3-5,13H,1-2H3. The molecule has 2 rings (SSSR count). The van der Waals surface area contributed by atoms with Crippen molar-refractivity contribution in [3.05, 3.63) is 17.7 Å². The summed E-state index contributed by atoms with van der Waals surface area (Å²) >= 11 is 1.14. The van der Waals surface area contributed by atoms with Crippen molar-refractivity contribution in [1.29, 1.82) is 0 Å². The molecule has 84 valence electrons. The number of aldehydes is 1. The fraction of sp³-hybridized carbons (Fsp3) is 0.182. The summed E-state index contributed by atoms with van der Waals surface area (Å²) in [6.45, 7) is 0. The Hall–Kier alpha value is -1.75. The zero-order chi connectivity index (χ0) is 11.7.